The largest absolute Gasteiger partial charge is 0.376 e. The zero-order valence-corrected chi connectivity index (χ0v) is 13.9. The van der Waals surface area contributed by atoms with Gasteiger partial charge < -0.3 is 10.2 Å². The molecule has 1 aliphatic rings. The third-order valence-electron chi connectivity index (χ3n) is 4.61. The van der Waals surface area contributed by atoms with Gasteiger partial charge in [0.1, 0.15) is 0 Å². The number of rotatable bonds is 6. The molecule has 0 heterocycles. The van der Waals surface area contributed by atoms with Crippen molar-refractivity contribution in [3.05, 3.63) is 33.9 Å². The second kappa shape index (κ2) is 7.94. The molecule has 2 rings (SSSR count). The molecule has 1 fully saturated rings. The van der Waals surface area contributed by atoms with Crippen molar-refractivity contribution in [1.82, 2.24) is 4.90 Å². The van der Waals surface area contributed by atoms with E-state index in [-0.39, 0.29) is 18.1 Å². The smallest absolute Gasteiger partial charge is 0.274 e. The number of benzene rings is 1. The summed E-state index contributed by atoms with van der Waals surface area (Å²) < 4.78 is 0. The fourth-order valence-corrected chi connectivity index (χ4v) is 3.32. The Morgan fingerprint density at radius 1 is 1.35 bits per heavy atom. The Labute approximate surface area is 137 Å². The Balaban J connectivity index is 2.00. The van der Waals surface area contributed by atoms with E-state index in [0.29, 0.717) is 23.8 Å². The van der Waals surface area contributed by atoms with Crippen LogP contribution in [0.1, 0.15) is 44.6 Å². The molecule has 0 atom stereocenters. The van der Waals surface area contributed by atoms with Crippen molar-refractivity contribution < 1.29 is 9.72 Å². The van der Waals surface area contributed by atoms with Crippen molar-refractivity contribution in [3.63, 3.8) is 0 Å². The van der Waals surface area contributed by atoms with Gasteiger partial charge in [-0.25, -0.2) is 0 Å². The van der Waals surface area contributed by atoms with Gasteiger partial charge in [0.05, 0.1) is 11.5 Å². The van der Waals surface area contributed by atoms with Crippen LogP contribution in [-0.2, 0) is 4.79 Å². The zero-order valence-electron chi connectivity index (χ0n) is 13.9. The molecule has 0 unspecified atom stereocenters. The fraction of sp³-hybridized carbons (Fsp3) is 0.588. The summed E-state index contributed by atoms with van der Waals surface area (Å²) in [5.74, 6) is 0.0605. The predicted molar refractivity (Wildman–Crippen MR) is 90.6 cm³/mol. The summed E-state index contributed by atoms with van der Waals surface area (Å²) in [4.78, 5) is 25.0. The maximum absolute atomic E-state index is 12.5. The van der Waals surface area contributed by atoms with Crippen molar-refractivity contribution in [2.75, 3.05) is 18.4 Å². The Morgan fingerprint density at radius 2 is 2.04 bits per heavy atom. The highest BCUT2D eigenvalue weighted by Crippen LogP contribution is 2.25. The maximum Gasteiger partial charge on any atom is 0.274 e. The number of amides is 1. The van der Waals surface area contributed by atoms with Crippen molar-refractivity contribution in [1.29, 1.82) is 0 Å². The monoisotopic (exact) mass is 319 g/mol. The fourth-order valence-electron chi connectivity index (χ4n) is 3.32. The van der Waals surface area contributed by atoms with Crippen molar-refractivity contribution in [2.24, 2.45) is 0 Å². The van der Waals surface area contributed by atoms with Gasteiger partial charge in [0.25, 0.3) is 5.69 Å². The second-order valence-corrected chi connectivity index (χ2v) is 6.03. The van der Waals surface area contributed by atoms with E-state index in [1.165, 1.54) is 25.3 Å². The van der Waals surface area contributed by atoms with Crippen LogP contribution in [-0.4, -0.2) is 34.9 Å². The Morgan fingerprint density at radius 3 is 2.65 bits per heavy atom. The van der Waals surface area contributed by atoms with Crippen LogP contribution in [0.5, 0.6) is 0 Å². The van der Waals surface area contributed by atoms with Gasteiger partial charge in [-0.2, -0.15) is 0 Å². The average molecular weight is 319 g/mol. The topological polar surface area (TPSA) is 75.5 Å². The van der Waals surface area contributed by atoms with E-state index in [1.54, 1.807) is 19.1 Å². The molecule has 0 saturated heterocycles. The van der Waals surface area contributed by atoms with Crippen LogP contribution >= 0.6 is 0 Å². The summed E-state index contributed by atoms with van der Waals surface area (Å²) in [5, 5.41) is 14.0. The molecule has 0 radical (unpaired) electrons. The lowest BCUT2D eigenvalue weighted by Crippen LogP contribution is -2.44. The standard InChI is InChI=1S/C17H25N3O3/c1-3-19(14-8-5-4-6-9-14)17(21)12-18-15-10-7-11-16(13(15)2)20(22)23/h7,10-11,14,18H,3-6,8-9,12H2,1-2H3. The van der Waals surface area contributed by atoms with Crippen LogP contribution in [0, 0.1) is 17.0 Å². The van der Waals surface area contributed by atoms with Crippen LogP contribution < -0.4 is 5.32 Å². The van der Waals surface area contributed by atoms with Gasteiger partial charge in [0, 0.05) is 29.9 Å². The van der Waals surface area contributed by atoms with E-state index in [2.05, 4.69) is 5.32 Å². The highest BCUT2D eigenvalue weighted by atomic mass is 16.6. The van der Waals surface area contributed by atoms with Gasteiger partial charge >= 0.3 is 0 Å². The summed E-state index contributed by atoms with van der Waals surface area (Å²) in [7, 11) is 0. The Hall–Kier alpha value is -2.11. The van der Waals surface area contributed by atoms with Crippen molar-refractivity contribution in [3.8, 4) is 0 Å². The number of likely N-dealkylation sites (N-methyl/N-ethyl adjacent to an activating group) is 1. The number of anilines is 1. The minimum atomic E-state index is -0.400. The SMILES string of the molecule is CCN(C(=O)CNc1cccc([N+](=O)[O-])c1C)C1CCCCC1. The number of hydrogen-bond acceptors (Lipinski definition) is 4. The first-order valence-electron chi connectivity index (χ1n) is 8.32. The number of nitro groups is 1. The second-order valence-electron chi connectivity index (χ2n) is 6.03. The Kier molecular flexibility index (Phi) is 5.96. The van der Waals surface area contributed by atoms with Crippen molar-refractivity contribution in [2.45, 2.75) is 52.0 Å². The van der Waals surface area contributed by atoms with Crippen LogP contribution in [0.3, 0.4) is 0 Å². The summed E-state index contributed by atoms with van der Waals surface area (Å²) in [5.41, 5.74) is 1.28. The van der Waals surface area contributed by atoms with Crippen LogP contribution in [0.15, 0.2) is 18.2 Å². The van der Waals surface area contributed by atoms with Gasteiger partial charge in [-0.1, -0.05) is 25.3 Å². The first kappa shape index (κ1) is 17.2. The number of nitro benzene ring substituents is 1. The van der Waals surface area contributed by atoms with Crippen LogP contribution in [0.4, 0.5) is 11.4 Å². The molecule has 0 bridgehead atoms. The molecule has 6 nitrogen and oxygen atoms in total. The molecule has 6 heteroatoms. The van der Waals surface area contributed by atoms with Gasteiger partial charge in [-0.05, 0) is 32.8 Å². The number of nitrogens with zero attached hydrogens (tertiary/aromatic N) is 2. The molecule has 1 aromatic rings. The number of carbonyl (C=O) groups excluding carboxylic acids is 1. The first-order valence-corrected chi connectivity index (χ1v) is 8.32. The van der Waals surface area contributed by atoms with Gasteiger partial charge in [0.2, 0.25) is 5.91 Å². The maximum atomic E-state index is 12.5. The summed E-state index contributed by atoms with van der Waals surface area (Å²) in [6.45, 7) is 4.58. The molecule has 126 valence electrons. The molecule has 0 aliphatic heterocycles. The minimum Gasteiger partial charge on any atom is -0.376 e. The molecular weight excluding hydrogens is 294 g/mol. The van der Waals surface area contributed by atoms with E-state index in [4.69, 9.17) is 0 Å². The number of hydrogen-bond donors (Lipinski definition) is 1. The molecule has 0 aromatic heterocycles. The summed E-state index contributed by atoms with van der Waals surface area (Å²) >= 11 is 0. The zero-order chi connectivity index (χ0) is 16.8. The molecule has 1 saturated carbocycles. The normalized spacial score (nSPS) is 15.2. The van der Waals surface area contributed by atoms with E-state index in [1.807, 2.05) is 11.8 Å². The minimum absolute atomic E-state index is 0.0605. The van der Waals surface area contributed by atoms with Crippen molar-refractivity contribution >= 4 is 17.3 Å². The molecule has 1 aliphatic carbocycles. The summed E-state index contributed by atoms with van der Waals surface area (Å²) in [6.07, 6.45) is 5.79. The molecule has 1 aromatic carbocycles. The quantitative estimate of drug-likeness (QED) is 0.643. The number of carbonyl (C=O) groups is 1. The number of nitrogens with one attached hydrogen (secondary N) is 1. The third-order valence-corrected chi connectivity index (χ3v) is 4.61. The molecule has 1 amide bonds. The van der Waals surface area contributed by atoms with Gasteiger partial charge in [-0.3, -0.25) is 14.9 Å². The molecular formula is C17H25N3O3. The highest BCUT2D eigenvalue weighted by Gasteiger charge is 2.24. The van der Waals surface area contributed by atoms with Crippen LogP contribution in [0.2, 0.25) is 0 Å². The highest BCUT2D eigenvalue weighted by molar-refractivity contribution is 5.81. The third kappa shape index (κ3) is 4.21. The lowest BCUT2D eigenvalue weighted by atomic mass is 9.94. The van der Waals surface area contributed by atoms with E-state index in [0.717, 1.165) is 12.8 Å². The van der Waals surface area contributed by atoms with E-state index < -0.39 is 4.92 Å². The lowest BCUT2D eigenvalue weighted by molar-refractivity contribution is -0.385. The van der Waals surface area contributed by atoms with Gasteiger partial charge in [0.15, 0.2) is 0 Å². The summed E-state index contributed by atoms with van der Waals surface area (Å²) in [6, 6.07) is 5.22. The molecule has 23 heavy (non-hydrogen) atoms. The van der Waals surface area contributed by atoms with Gasteiger partial charge in [-0.15, -0.1) is 0 Å². The average Bonchev–Trinajstić information content (AvgIpc) is 2.55. The molecule has 1 N–H and O–H groups in total. The lowest BCUT2D eigenvalue weighted by Gasteiger charge is -2.33. The predicted octanol–water partition coefficient (Wildman–Crippen LogP) is 3.50. The van der Waals surface area contributed by atoms with E-state index >= 15 is 0 Å². The van der Waals surface area contributed by atoms with E-state index in [9.17, 15) is 14.9 Å². The molecule has 0 spiro atoms. The van der Waals surface area contributed by atoms with Crippen LogP contribution in [0.25, 0.3) is 0 Å². The first-order chi connectivity index (χ1) is 11.0. The Bertz CT molecular complexity index is 568.